The lowest BCUT2D eigenvalue weighted by molar-refractivity contribution is -0.301. The lowest BCUT2D eigenvalue weighted by Gasteiger charge is -2.26. The fraction of sp³-hybridized carbons (Fsp3) is 0.476. The SMILES string of the molecule is COC(OC)C(CCc1ccc(C(=O)OOC(C)(C)C)cc1)c1c(N)nc(N)nc1N. The summed E-state index contributed by atoms with van der Waals surface area (Å²) in [6.45, 7) is 5.37. The maximum atomic E-state index is 12.1. The number of carbonyl (C=O) groups excluding carboxylic acids is 1. The fourth-order valence-electron chi connectivity index (χ4n) is 3.09. The van der Waals surface area contributed by atoms with Crippen LogP contribution in [0.5, 0.6) is 0 Å². The largest absolute Gasteiger partial charge is 0.383 e. The predicted octanol–water partition coefficient (Wildman–Crippen LogP) is 2.45. The number of nitrogens with zero attached hydrogens (tertiary/aromatic N) is 2. The average molecular weight is 434 g/mol. The van der Waals surface area contributed by atoms with Crippen LogP contribution in [0.15, 0.2) is 24.3 Å². The minimum Gasteiger partial charge on any atom is -0.383 e. The molecule has 2 rings (SSSR count). The van der Waals surface area contributed by atoms with Crippen LogP contribution >= 0.6 is 0 Å². The molecular weight excluding hydrogens is 402 g/mol. The van der Waals surface area contributed by atoms with Crippen LogP contribution in [0.4, 0.5) is 17.6 Å². The first-order valence-electron chi connectivity index (χ1n) is 9.78. The second kappa shape index (κ2) is 10.4. The van der Waals surface area contributed by atoms with Gasteiger partial charge in [-0.05, 0) is 51.3 Å². The molecule has 1 aromatic carbocycles. The molecule has 0 bridgehead atoms. The predicted molar refractivity (Wildman–Crippen MR) is 117 cm³/mol. The number of hydrogen-bond donors (Lipinski definition) is 3. The van der Waals surface area contributed by atoms with Crippen LogP contribution < -0.4 is 17.2 Å². The number of anilines is 3. The molecule has 1 heterocycles. The van der Waals surface area contributed by atoms with E-state index in [1.807, 2.05) is 12.1 Å². The van der Waals surface area contributed by atoms with Gasteiger partial charge in [0.1, 0.15) is 17.2 Å². The van der Waals surface area contributed by atoms with Gasteiger partial charge >= 0.3 is 5.97 Å². The minimum absolute atomic E-state index is 0.00167. The highest BCUT2D eigenvalue weighted by atomic mass is 17.2. The van der Waals surface area contributed by atoms with Gasteiger partial charge in [0.2, 0.25) is 5.95 Å². The monoisotopic (exact) mass is 433 g/mol. The van der Waals surface area contributed by atoms with Crippen molar-refractivity contribution < 1.29 is 24.0 Å². The summed E-state index contributed by atoms with van der Waals surface area (Å²) in [7, 11) is 3.07. The molecule has 0 aliphatic carbocycles. The Morgan fingerprint density at radius 1 is 1.00 bits per heavy atom. The number of aromatic nitrogens is 2. The standard InChI is InChI=1S/C21H31N5O5/c1-21(2,3)31-30-18(27)13-9-6-12(7-10-13)8-11-14(19(28-4)29-5)15-16(22)25-20(24)26-17(15)23/h6-7,9-10,14,19H,8,11H2,1-5H3,(H6,22,23,24,25,26). The van der Waals surface area contributed by atoms with Gasteiger partial charge in [-0.3, -0.25) is 4.89 Å². The Morgan fingerprint density at radius 3 is 2.03 bits per heavy atom. The number of aryl methyl sites for hydroxylation is 1. The number of methoxy groups -OCH3 is 2. The Kier molecular flexibility index (Phi) is 8.14. The summed E-state index contributed by atoms with van der Waals surface area (Å²) in [5.74, 6) is -0.517. The van der Waals surface area contributed by atoms with E-state index in [0.717, 1.165) is 5.56 Å². The number of ether oxygens (including phenoxy) is 2. The summed E-state index contributed by atoms with van der Waals surface area (Å²) in [4.78, 5) is 30.0. The van der Waals surface area contributed by atoms with Crippen molar-refractivity contribution in [3.8, 4) is 0 Å². The third kappa shape index (κ3) is 6.78. The topological polar surface area (TPSA) is 158 Å². The lowest BCUT2D eigenvalue weighted by atomic mass is 9.91. The van der Waals surface area contributed by atoms with Crippen LogP contribution in [0.25, 0.3) is 0 Å². The molecule has 0 saturated carbocycles. The number of nitrogens with two attached hydrogens (primary N) is 3. The Bertz CT molecular complexity index is 856. The van der Waals surface area contributed by atoms with Crippen LogP contribution in [0.2, 0.25) is 0 Å². The molecule has 0 saturated heterocycles. The molecule has 6 N–H and O–H groups in total. The zero-order chi connectivity index (χ0) is 23.2. The average Bonchev–Trinajstić information content (AvgIpc) is 2.69. The van der Waals surface area contributed by atoms with Crippen molar-refractivity contribution in [3.05, 3.63) is 41.0 Å². The van der Waals surface area contributed by atoms with Gasteiger partial charge in [0, 0.05) is 25.7 Å². The third-order valence-electron chi connectivity index (χ3n) is 4.49. The summed E-state index contributed by atoms with van der Waals surface area (Å²) >= 11 is 0. The van der Waals surface area contributed by atoms with Crippen LogP contribution in [0, 0.1) is 0 Å². The highest BCUT2D eigenvalue weighted by Gasteiger charge is 2.28. The minimum atomic E-state index is -0.611. The van der Waals surface area contributed by atoms with Crippen molar-refractivity contribution in [1.29, 1.82) is 0 Å². The number of rotatable bonds is 9. The Labute approximate surface area is 182 Å². The van der Waals surface area contributed by atoms with Gasteiger partial charge in [0.15, 0.2) is 6.29 Å². The smallest absolute Gasteiger partial charge is 0.373 e. The Hall–Kier alpha value is -2.95. The van der Waals surface area contributed by atoms with Crippen LogP contribution in [-0.2, 0) is 25.7 Å². The summed E-state index contributed by atoms with van der Waals surface area (Å²) < 4.78 is 10.9. The first kappa shape index (κ1) is 24.3. The van der Waals surface area contributed by atoms with Crippen LogP contribution in [0.3, 0.4) is 0 Å². The first-order chi connectivity index (χ1) is 14.6. The van der Waals surface area contributed by atoms with Gasteiger partial charge in [-0.15, -0.1) is 0 Å². The molecule has 1 unspecified atom stereocenters. The van der Waals surface area contributed by atoms with Crippen molar-refractivity contribution in [3.63, 3.8) is 0 Å². The van der Waals surface area contributed by atoms with Gasteiger partial charge in [0.05, 0.1) is 5.56 Å². The molecule has 0 amide bonds. The summed E-state index contributed by atoms with van der Waals surface area (Å²) in [5.41, 5.74) is 19.1. The fourth-order valence-corrected chi connectivity index (χ4v) is 3.09. The van der Waals surface area contributed by atoms with Gasteiger partial charge in [0.25, 0.3) is 0 Å². The van der Waals surface area contributed by atoms with E-state index in [9.17, 15) is 4.79 Å². The van der Waals surface area contributed by atoms with E-state index in [4.69, 9.17) is 36.4 Å². The number of carbonyl (C=O) groups is 1. The van der Waals surface area contributed by atoms with Crippen molar-refractivity contribution in [2.45, 2.75) is 51.4 Å². The van der Waals surface area contributed by atoms with E-state index in [2.05, 4.69) is 9.97 Å². The Balaban J connectivity index is 2.14. The van der Waals surface area contributed by atoms with Gasteiger partial charge < -0.3 is 26.7 Å². The molecule has 1 atom stereocenters. The van der Waals surface area contributed by atoms with Crippen LogP contribution in [-0.4, -0.2) is 42.0 Å². The molecule has 31 heavy (non-hydrogen) atoms. The van der Waals surface area contributed by atoms with Crippen molar-refractivity contribution >= 4 is 23.6 Å². The summed E-state index contributed by atoms with van der Waals surface area (Å²) in [6.07, 6.45) is 0.594. The number of nitrogen functional groups attached to an aromatic ring is 3. The molecule has 0 radical (unpaired) electrons. The van der Waals surface area contributed by atoms with E-state index < -0.39 is 17.9 Å². The van der Waals surface area contributed by atoms with Gasteiger partial charge in [-0.2, -0.15) is 14.9 Å². The van der Waals surface area contributed by atoms with E-state index in [1.54, 1.807) is 32.9 Å². The molecule has 0 aliphatic rings. The van der Waals surface area contributed by atoms with Crippen LogP contribution in [0.1, 0.15) is 54.6 Å². The highest BCUT2D eigenvalue weighted by molar-refractivity contribution is 5.88. The maximum absolute atomic E-state index is 12.1. The highest BCUT2D eigenvalue weighted by Crippen LogP contribution is 2.34. The first-order valence-corrected chi connectivity index (χ1v) is 9.78. The summed E-state index contributed by atoms with van der Waals surface area (Å²) in [5, 5.41) is 0. The molecule has 2 aromatic rings. The van der Waals surface area contributed by atoms with Crippen molar-refractivity contribution in [1.82, 2.24) is 9.97 Å². The molecule has 0 aliphatic heterocycles. The molecular formula is C21H31N5O5. The molecule has 10 nitrogen and oxygen atoms in total. The van der Waals surface area contributed by atoms with Gasteiger partial charge in [-0.1, -0.05) is 12.1 Å². The maximum Gasteiger partial charge on any atom is 0.373 e. The van der Waals surface area contributed by atoms with Gasteiger partial charge in [-0.25, -0.2) is 4.79 Å². The van der Waals surface area contributed by atoms with E-state index in [0.29, 0.717) is 24.0 Å². The molecule has 0 spiro atoms. The summed E-state index contributed by atoms with van der Waals surface area (Å²) in [6, 6.07) is 7.03. The molecule has 10 heteroatoms. The number of hydrogen-bond acceptors (Lipinski definition) is 10. The zero-order valence-electron chi connectivity index (χ0n) is 18.5. The lowest BCUT2D eigenvalue weighted by Crippen LogP contribution is -2.26. The van der Waals surface area contributed by atoms with E-state index in [-0.39, 0.29) is 23.5 Å². The van der Waals surface area contributed by atoms with Crippen molar-refractivity contribution in [2.24, 2.45) is 0 Å². The van der Waals surface area contributed by atoms with E-state index >= 15 is 0 Å². The second-order valence-electron chi connectivity index (χ2n) is 8.01. The molecule has 1 aromatic heterocycles. The number of benzene rings is 1. The third-order valence-corrected chi connectivity index (χ3v) is 4.49. The zero-order valence-corrected chi connectivity index (χ0v) is 18.5. The molecule has 170 valence electrons. The Morgan fingerprint density at radius 2 is 1.55 bits per heavy atom. The van der Waals surface area contributed by atoms with E-state index in [1.165, 1.54) is 14.2 Å². The van der Waals surface area contributed by atoms with Crippen molar-refractivity contribution in [2.75, 3.05) is 31.4 Å². The normalized spacial score (nSPS) is 12.7. The quantitative estimate of drug-likeness (QED) is 0.305. The second-order valence-corrected chi connectivity index (χ2v) is 8.01. The molecule has 0 fully saturated rings.